The number of nitrogens with zero attached hydrogens (tertiary/aromatic N) is 1. The number of hydroxylamine groups is 1. The lowest BCUT2D eigenvalue weighted by atomic mass is 10.2. The summed E-state index contributed by atoms with van der Waals surface area (Å²) in [6, 6.07) is 16.8. The van der Waals surface area contributed by atoms with Gasteiger partial charge in [-0.3, -0.25) is 4.79 Å². The van der Waals surface area contributed by atoms with Gasteiger partial charge in [-0.05, 0) is 31.0 Å². The smallest absolute Gasteiger partial charge is 0.251 e. The number of methoxy groups -OCH3 is 1. The Morgan fingerprint density at radius 3 is 2.69 bits per heavy atom. The molecule has 1 N–H and O–H groups in total. The molecule has 0 bridgehead atoms. The summed E-state index contributed by atoms with van der Waals surface area (Å²) < 4.78 is 6.10. The lowest BCUT2D eigenvalue weighted by Gasteiger charge is -2.06. The van der Waals surface area contributed by atoms with Gasteiger partial charge in [0.15, 0.2) is 12.8 Å². The van der Waals surface area contributed by atoms with Gasteiger partial charge in [-0.25, -0.2) is 4.74 Å². The van der Waals surface area contributed by atoms with E-state index >= 15 is 0 Å². The van der Waals surface area contributed by atoms with E-state index in [2.05, 4.69) is 5.32 Å². The number of ether oxygens (including phenoxy) is 1. The number of benzene rings is 2. The van der Waals surface area contributed by atoms with Crippen LogP contribution in [-0.4, -0.2) is 30.5 Å². The van der Waals surface area contributed by atoms with E-state index in [1.165, 1.54) is 0 Å². The van der Waals surface area contributed by atoms with Gasteiger partial charge < -0.3 is 15.3 Å². The zero-order valence-corrected chi connectivity index (χ0v) is 15.2. The van der Waals surface area contributed by atoms with Crippen molar-refractivity contribution in [2.75, 3.05) is 13.7 Å². The highest BCUT2D eigenvalue weighted by Gasteiger charge is 2.05. The average Bonchev–Trinajstić information content (AvgIpc) is 2.68. The predicted molar refractivity (Wildman–Crippen MR) is 104 cm³/mol. The Morgan fingerprint density at radius 2 is 1.92 bits per heavy atom. The van der Waals surface area contributed by atoms with Crippen LogP contribution >= 0.6 is 0 Å². The van der Waals surface area contributed by atoms with Crippen molar-refractivity contribution in [1.29, 1.82) is 0 Å². The molecule has 0 heterocycles. The molecular weight excluding hydrogens is 328 g/mol. The first kappa shape index (κ1) is 19.5. The number of hydrogen-bond acceptors (Lipinski definition) is 3. The number of nitrogens with one attached hydrogen (secondary N) is 1. The molecule has 0 atom stereocenters. The zero-order chi connectivity index (χ0) is 18.6. The van der Waals surface area contributed by atoms with E-state index in [0.29, 0.717) is 24.4 Å². The molecule has 0 aliphatic rings. The van der Waals surface area contributed by atoms with Gasteiger partial charge in [-0.1, -0.05) is 42.8 Å². The molecule has 0 spiro atoms. The first-order valence-corrected chi connectivity index (χ1v) is 8.92. The van der Waals surface area contributed by atoms with Gasteiger partial charge in [-0.2, -0.15) is 0 Å². The summed E-state index contributed by atoms with van der Waals surface area (Å²) in [5.41, 5.74) is 1.61. The number of carbonyl (C=O) groups is 1. The van der Waals surface area contributed by atoms with Crippen LogP contribution in [0.5, 0.6) is 5.75 Å². The normalized spacial score (nSPS) is 11.2. The van der Waals surface area contributed by atoms with E-state index < -0.39 is 0 Å². The van der Waals surface area contributed by atoms with Crippen molar-refractivity contribution in [3.05, 3.63) is 70.9 Å². The van der Waals surface area contributed by atoms with E-state index in [0.717, 1.165) is 36.0 Å². The Labute approximate surface area is 154 Å². The SMILES string of the molecule is COc1cccc(C(=O)NCCCCC/C=[N+](\[O-])Cc2ccccc2)c1. The summed E-state index contributed by atoms with van der Waals surface area (Å²) >= 11 is 0. The fourth-order valence-electron chi connectivity index (χ4n) is 2.58. The molecule has 0 aromatic heterocycles. The Kier molecular flexibility index (Phi) is 8.19. The highest BCUT2D eigenvalue weighted by molar-refractivity contribution is 5.94. The highest BCUT2D eigenvalue weighted by Crippen LogP contribution is 2.12. The molecule has 0 saturated heterocycles. The van der Waals surface area contributed by atoms with Crippen LogP contribution in [-0.2, 0) is 6.54 Å². The van der Waals surface area contributed by atoms with Crippen molar-refractivity contribution >= 4 is 12.1 Å². The van der Waals surface area contributed by atoms with Crippen molar-refractivity contribution in [2.24, 2.45) is 0 Å². The molecule has 138 valence electrons. The summed E-state index contributed by atoms with van der Waals surface area (Å²) in [5.74, 6) is 0.579. The van der Waals surface area contributed by atoms with Crippen LogP contribution in [0, 0.1) is 5.21 Å². The molecule has 0 radical (unpaired) electrons. The Balaban J connectivity index is 1.59. The Hall–Kier alpha value is -2.82. The number of rotatable bonds is 10. The number of amides is 1. The van der Waals surface area contributed by atoms with E-state index in [1.54, 1.807) is 31.5 Å². The van der Waals surface area contributed by atoms with Crippen LogP contribution in [0.4, 0.5) is 0 Å². The molecule has 0 aliphatic carbocycles. The predicted octanol–water partition coefficient (Wildman–Crippen LogP) is 3.77. The summed E-state index contributed by atoms with van der Waals surface area (Å²) in [4.78, 5) is 12.0. The summed E-state index contributed by atoms with van der Waals surface area (Å²) in [7, 11) is 1.58. The summed E-state index contributed by atoms with van der Waals surface area (Å²) in [6.07, 6.45) is 5.24. The standard InChI is InChI=1S/C21H26N2O3/c1-26-20-13-9-12-19(16-20)21(24)22-14-7-2-3-8-15-23(25)17-18-10-5-4-6-11-18/h4-6,9-13,15-16H,2-3,7-8,14,17H2,1H3,(H,22,24)/b23-15-. The maximum Gasteiger partial charge on any atom is 0.251 e. The molecule has 26 heavy (non-hydrogen) atoms. The van der Waals surface area contributed by atoms with Crippen molar-refractivity contribution in [1.82, 2.24) is 5.32 Å². The summed E-state index contributed by atoms with van der Waals surface area (Å²) in [5, 5.41) is 14.7. The van der Waals surface area contributed by atoms with Crippen LogP contribution < -0.4 is 10.1 Å². The van der Waals surface area contributed by atoms with Gasteiger partial charge in [-0.15, -0.1) is 0 Å². The second-order valence-electron chi connectivity index (χ2n) is 6.08. The van der Waals surface area contributed by atoms with Crippen molar-refractivity contribution in [3.8, 4) is 5.75 Å². The highest BCUT2D eigenvalue weighted by atomic mass is 16.5. The fourth-order valence-corrected chi connectivity index (χ4v) is 2.58. The quantitative estimate of drug-likeness (QED) is 0.232. The molecule has 0 aliphatic heterocycles. The van der Waals surface area contributed by atoms with Crippen molar-refractivity contribution in [2.45, 2.75) is 32.2 Å². The largest absolute Gasteiger partial charge is 0.624 e. The zero-order valence-electron chi connectivity index (χ0n) is 15.2. The molecule has 5 nitrogen and oxygen atoms in total. The molecule has 0 unspecified atom stereocenters. The van der Waals surface area contributed by atoms with E-state index in [-0.39, 0.29) is 5.91 Å². The van der Waals surface area contributed by atoms with Crippen LogP contribution in [0.25, 0.3) is 0 Å². The van der Waals surface area contributed by atoms with E-state index in [4.69, 9.17) is 4.74 Å². The number of carbonyl (C=O) groups excluding carboxylic acids is 1. The number of hydrogen-bond donors (Lipinski definition) is 1. The van der Waals surface area contributed by atoms with E-state index in [9.17, 15) is 10.0 Å². The first-order valence-electron chi connectivity index (χ1n) is 8.92. The van der Waals surface area contributed by atoms with E-state index in [1.807, 2.05) is 36.4 Å². The molecule has 0 saturated carbocycles. The summed E-state index contributed by atoms with van der Waals surface area (Å²) in [6.45, 7) is 1.01. The third-order valence-corrected chi connectivity index (χ3v) is 4.01. The van der Waals surface area contributed by atoms with Gasteiger partial charge in [0.05, 0.1) is 7.11 Å². The third kappa shape index (κ3) is 6.97. The monoisotopic (exact) mass is 354 g/mol. The third-order valence-electron chi connectivity index (χ3n) is 4.01. The lowest BCUT2D eigenvalue weighted by Crippen LogP contribution is -2.24. The molecule has 2 aromatic carbocycles. The van der Waals surface area contributed by atoms with Gasteiger partial charge in [0.25, 0.3) is 5.91 Å². The van der Waals surface area contributed by atoms with Gasteiger partial charge in [0.2, 0.25) is 0 Å². The minimum absolute atomic E-state index is 0.0935. The molecular formula is C21H26N2O3. The van der Waals surface area contributed by atoms with Crippen molar-refractivity contribution < 1.29 is 14.3 Å². The van der Waals surface area contributed by atoms with Crippen LogP contribution in [0.3, 0.4) is 0 Å². The average molecular weight is 354 g/mol. The first-order chi connectivity index (χ1) is 12.7. The van der Waals surface area contributed by atoms with Crippen LogP contribution in [0.15, 0.2) is 54.6 Å². The molecule has 5 heteroatoms. The fraction of sp³-hybridized carbons (Fsp3) is 0.333. The molecule has 2 aromatic rings. The maximum absolute atomic E-state index is 12.0. The topological polar surface area (TPSA) is 64.4 Å². The Bertz CT molecular complexity index is 714. The van der Waals surface area contributed by atoms with Gasteiger partial charge in [0, 0.05) is 24.1 Å². The second-order valence-corrected chi connectivity index (χ2v) is 6.08. The molecule has 0 fully saturated rings. The van der Waals surface area contributed by atoms with Crippen LogP contribution in [0.1, 0.15) is 41.6 Å². The maximum atomic E-state index is 12.0. The Morgan fingerprint density at radius 1 is 1.12 bits per heavy atom. The van der Waals surface area contributed by atoms with Gasteiger partial charge in [0.1, 0.15) is 5.75 Å². The molecule has 2 rings (SSSR count). The van der Waals surface area contributed by atoms with Crippen LogP contribution in [0.2, 0.25) is 0 Å². The van der Waals surface area contributed by atoms with Gasteiger partial charge >= 0.3 is 0 Å². The number of unbranched alkanes of at least 4 members (excludes halogenated alkanes) is 3. The lowest BCUT2D eigenvalue weighted by molar-refractivity contribution is -0.471. The minimum atomic E-state index is -0.0935. The molecule has 1 amide bonds. The van der Waals surface area contributed by atoms with Crippen molar-refractivity contribution in [3.63, 3.8) is 0 Å². The second kappa shape index (κ2) is 10.9. The minimum Gasteiger partial charge on any atom is -0.624 e.